The number of nitrogens with zero attached hydrogens (tertiary/aromatic N) is 2. The van der Waals surface area contributed by atoms with Crippen molar-refractivity contribution in [2.24, 2.45) is 0 Å². The summed E-state index contributed by atoms with van der Waals surface area (Å²) in [6, 6.07) is 13.2. The molecule has 3 aromatic rings. The zero-order valence-corrected chi connectivity index (χ0v) is 17.3. The molecule has 0 spiro atoms. The van der Waals surface area contributed by atoms with Gasteiger partial charge in [0, 0.05) is 22.7 Å². The number of hydrogen-bond donors (Lipinski definition) is 0. The van der Waals surface area contributed by atoms with Crippen molar-refractivity contribution in [1.29, 1.82) is 0 Å². The van der Waals surface area contributed by atoms with E-state index in [9.17, 15) is 4.79 Å². The SMILES string of the molecule is COc1ccc2sc(N(CC3CCCO3)C(=O)c3cccc(Br)c3)nc2c1. The minimum Gasteiger partial charge on any atom is -0.497 e. The van der Waals surface area contributed by atoms with Gasteiger partial charge in [-0.25, -0.2) is 4.98 Å². The third-order valence-corrected chi connectivity index (χ3v) is 6.09. The number of hydrogen-bond acceptors (Lipinski definition) is 5. The number of rotatable bonds is 5. The minimum absolute atomic E-state index is 0.0441. The number of thiazole rings is 1. The fraction of sp³-hybridized carbons (Fsp3) is 0.300. The van der Waals surface area contributed by atoms with E-state index >= 15 is 0 Å². The number of amides is 1. The third kappa shape index (κ3) is 4.00. The molecule has 7 heteroatoms. The summed E-state index contributed by atoms with van der Waals surface area (Å²) in [5.74, 6) is 0.682. The number of aromatic nitrogens is 1. The zero-order chi connectivity index (χ0) is 18.8. The topological polar surface area (TPSA) is 51.7 Å². The van der Waals surface area contributed by atoms with Crippen molar-refractivity contribution in [3.05, 3.63) is 52.5 Å². The largest absolute Gasteiger partial charge is 0.497 e. The molecule has 2 heterocycles. The van der Waals surface area contributed by atoms with Crippen molar-refractivity contribution in [2.45, 2.75) is 18.9 Å². The molecule has 27 heavy (non-hydrogen) atoms. The van der Waals surface area contributed by atoms with E-state index in [2.05, 4.69) is 15.9 Å². The number of halogens is 1. The summed E-state index contributed by atoms with van der Waals surface area (Å²) in [6.07, 6.45) is 2.03. The summed E-state index contributed by atoms with van der Waals surface area (Å²) < 4.78 is 13.0. The first-order chi connectivity index (χ1) is 13.1. The molecule has 0 saturated carbocycles. The summed E-state index contributed by atoms with van der Waals surface area (Å²) >= 11 is 4.95. The maximum atomic E-state index is 13.3. The highest BCUT2D eigenvalue weighted by Crippen LogP contribution is 2.33. The number of carbonyl (C=O) groups is 1. The number of fused-ring (bicyclic) bond motifs is 1. The van der Waals surface area contributed by atoms with E-state index in [0.29, 0.717) is 17.2 Å². The first-order valence-corrected chi connectivity index (χ1v) is 10.4. The monoisotopic (exact) mass is 446 g/mol. The van der Waals surface area contributed by atoms with Crippen molar-refractivity contribution >= 4 is 48.5 Å². The Morgan fingerprint density at radius 1 is 1.37 bits per heavy atom. The first-order valence-electron chi connectivity index (χ1n) is 8.77. The Kier molecular flexibility index (Phi) is 5.43. The van der Waals surface area contributed by atoms with Crippen LogP contribution >= 0.6 is 27.3 Å². The lowest BCUT2D eigenvalue weighted by Crippen LogP contribution is -2.37. The second kappa shape index (κ2) is 7.96. The molecule has 0 aliphatic carbocycles. The maximum Gasteiger partial charge on any atom is 0.260 e. The van der Waals surface area contributed by atoms with Crippen molar-refractivity contribution in [3.63, 3.8) is 0 Å². The molecule has 5 nitrogen and oxygen atoms in total. The Morgan fingerprint density at radius 2 is 2.26 bits per heavy atom. The smallest absolute Gasteiger partial charge is 0.260 e. The minimum atomic E-state index is -0.0715. The van der Waals surface area contributed by atoms with Crippen LogP contribution in [0.15, 0.2) is 46.9 Å². The summed E-state index contributed by atoms with van der Waals surface area (Å²) in [4.78, 5) is 19.7. The average molecular weight is 447 g/mol. The normalized spacial score (nSPS) is 16.6. The van der Waals surface area contributed by atoms with E-state index in [0.717, 1.165) is 39.9 Å². The number of anilines is 1. The zero-order valence-electron chi connectivity index (χ0n) is 14.9. The van der Waals surface area contributed by atoms with Crippen LogP contribution in [0.1, 0.15) is 23.2 Å². The van der Waals surface area contributed by atoms with Gasteiger partial charge in [-0.3, -0.25) is 9.69 Å². The van der Waals surface area contributed by atoms with Gasteiger partial charge >= 0.3 is 0 Å². The second-order valence-corrected chi connectivity index (χ2v) is 8.32. The summed E-state index contributed by atoms with van der Waals surface area (Å²) in [5.41, 5.74) is 1.45. The van der Waals surface area contributed by atoms with Crippen LogP contribution < -0.4 is 9.64 Å². The van der Waals surface area contributed by atoms with E-state index in [1.54, 1.807) is 12.0 Å². The predicted octanol–water partition coefficient (Wildman–Crippen LogP) is 4.89. The molecule has 1 aliphatic heterocycles. The Labute approximate surface area is 170 Å². The van der Waals surface area contributed by atoms with Gasteiger partial charge in [-0.1, -0.05) is 33.3 Å². The molecule has 1 aliphatic rings. The Morgan fingerprint density at radius 3 is 3.00 bits per heavy atom. The van der Waals surface area contributed by atoms with E-state index in [-0.39, 0.29) is 12.0 Å². The van der Waals surface area contributed by atoms with E-state index in [1.807, 2.05) is 42.5 Å². The van der Waals surface area contributed by atoms with Gasteiger partial charge in [-0.05, 0) is 43.2 Å². The Balaban J connectivity index is 1.71. The lowest BCUT2D eigenvalue weighted by atomic mass is 10.2. The van der Waals surface area contributed by atoms with Crippen molar-refractivity contribution < 1.29 is 14.3 Å². The molecule has 1 aromatic heterocycles. The van der Waals surface area contributed by atoms with Crippen molar-refractivity contribution in [3.8, 4) is 5.75 Å². The van der Waals surface area contributed by atoms with Crippen LogP contribution in [0.5, 0.6) is 5.75 Å². The molecule has 1 saturated heterocycles. The standard InChI is InChI=1S/C20H19BrN2O3S/c1-25-15-7-8-18-17(11-15)22-20(27-18)23(12-16-6-3-9-26-16)19(24)13-4-2-5-14(21)10-13/h2,4-5,7-8,10-11,16H,3,6,9,12H2,1H3. The Hall–Kier alpha value is -1.96. The molecule has 0 radical (unpaired) electrons. The van der Waals surface area contributed by atoms with Crippen LogP contribution in [0.3, 0.4) is 0 Å². The van der Waals surface area contributed by atoms with Crippen LogP contribution in [-0.4, -0.2) is 37.3 Å². The van der Waals surface area contributed by atoms with Crippen LogP contribution in [0, 0.1) is 0 Å². The molecule has 1 fully saturated rings. The highest BCUT2D eigenvalue weighted by Gasteiger charge is 2.27. The summed E-state index contributed by atoms with van der Waals surface area (Å²) in [7, 11) is 1.63. The molecule has 4 rings (SSSR count). The lowest BCUT2D eigenvalue weighted by molar-refractivity contribution is 0.0917. The molecular weight excluding hydrogens is 428 g/mol. The van der Waals surface area contributed by atoms with Gasteiger partial charge in [0.15, 0.2) is 5.13 Å². The molecular formula is C20H19BrN2O3S. The van der Waals surface area contributed by atoms with Gasteiger partial charge in [0.2, 0.25) is 0 Å². The van der Waals surface area contributed by atoms with Crippen molar-refractivity contribution in [1.82, 2.24) is 4.98 Å². The van der Waals surface area contributed by atoms with Gasteiger partial charge < -0.3 is 9.47 Å². The fourth-order valence-electron chi connectivity index (χ4n) is 3.15. The number of carbonyl (C=O) groups excluding carboxylic acids is 1. The second-order valence-electron chi connectivity index (χ2n) is 6.39. The van der Waals surface area contributed by atoms with Crippen LogP contribution in [0.25, 0.3) is 10.2 Å². The first kappa shape index (κ1) is 18.4. The van der Waals surface area contributed by atoms with Crippen LogP contribution in [0.2, 0.25) is 0 Å². The van der Waals surface area contributed by atoms with Gasteiger partial charge in [-0.2, -0.15) is 0 Å². The van der Waals surface area contributed by atoms with Crippen LogP contribution in [0.4, 0.5) is 5.13 Å². The quantitative estimate of drug-likeness (QED) is 0.559. The van der Waals surface area contributed by atoms with Crippen LogP contribution in [-0.2, 0) is 4.74 Å². The Bertz CT molecular complexity index is 969. The summed E-state index contributed by atoms with van der Waals surface area (Å²) in [6.45, 7) is 1.25. The fourth-order valence-corrected chi connectivity index (χ4v) is 4.51. The summed E-state index contributed by atoms with van der Waals surface area (Å²) in [5, 5.41) is 0.679. The lowest BCUT2D eigenvalue weighted by Gasteiger charge is -2.23. The highest BCUT2D eigenvalue weighted by atomic mass is 79.9. The number of ether oxygens (including phenoxy) is 2. The van der Waals surface area contributed by atoms with Gasteiger partial charge in [0.1, 0.15) is 5.75 Å². The van der Waals surface area contributed by atoms with Gasteiger partial charge in [-0.15, -0.1) is 0 Å². The molecule has 1 unspecified atom stereocenters. The van der Waals surface area contributed by atoms with Crippen molar-refractivity contribution in [2.75, 3.05) is 25.2 Å². The van der Waals surface area contributed by atoms with E-state index in [1.165, 1.54) is 11.3 Å². The molecule has 0 bridgehead atoms. The number of benzene rings is 2. The molecule has 140 valence electrons. The van der Waals surface area contributed by atoms with Gasteiger partial charge in [0.05, 0.1) is 30.0 Å². The third-order valence-electron chi connectivity index (χ3n) is 4.54. The molecule has 2 aromatic carbocycles. The average Bonchev–Trinajstić information content (AvgIpc) is 3.34. The number of methoxy groups -OCH3 is 1. The molecule has 1 amide bonds. The maximum absolute atomic E-state index is 13.3. The van der Waals surface area contributed by atoms with E-state index in [4.69, 9.17) is 14.5 Å². The van der Waals surface area contributed by atoms with Gasteiger partial charge in [0.25, 0.3) is 5.91 Å². The predicted molar refractivity (Wildman–Crippen MR) is 111 cm³/mol. The molecule has 1 atom stereocenters. The van der Waals surface area contributed by atoms with E-state index < -0.39 is 0 Å². The molecule has 0 N–H and O–H groups in total. The highest BCUT2D eigenvalue weighted by molar-refractivity contribution is 9.10.